The smallest absolute Gasteiger partial charge is 0.198 e. The summed E-state index contributed by atoms with van der Waals surface area (Å²) in [6.07, 6.45) is 1.50. The van der Waals surface area contributed by atoms with Crippen LogP contribution in [0.25, 0.3) is 10.9 Å². The summed E-state index contributed by atoms with van der Waals surface area (Å²) in [4.78, 5) is 6.87. The third-order valence-corrected chi connectivity index (χ3v) is 2.80. The van der Waals surface area contributed by atoms with Crippen molar-refractivity contribution in [3.05, 3.63) is 41.3 Å². The molecule has 0 bridgehead atoms. The minimum atomic E-state index is -0.361. The SMILES string of the molecule is Cc1cc(N=Cc2c(O)[nH]c3cc(F)ccc23)n[nH]1. The fourth-order valence-electron chi connectivity index (χ4n) is 1.91. The Morgan fingerprint density at radius 3 is 2.95 bits per heavy atom. The number of halogens is 1. The molecule has 0 unspecified atom stereocenters. The zero-order chi connectivity index (χ0) is 13.4. The van der Waals surface area contributed by atoms with E-state index >= 15 is 0 Å². The Bertz CT molecular complexity index is 772. The van der Waals surface area contributed by atoms with Crippen molar-refractivity contribution in [2.75, 3.05) is 0 Å². The van der Waals surface area contributed by atoms with Gasteiger partial charge in [-0.15, -0.1) is 0 Å². The van der Waals surface area contributed by atoms with Crippen LogP contribution in [0.3, 0.4) is 0 Å². The number of aromatic nitrogens is 3. The van der Waals surface area contributed by atoms with Crippen molar-refractivity contribution >= 4 is 22.9 Å². The second-order valence-electron chi connectivity index (χ2n) is 4.24. The minimum Gasteiger partial charge on any atom is -0.494 e. The van der Waals surface area contributed by atoms with Gasteiger partial charge in [0.1, 0.15) is 5.82 Å². The molecule has 0 amide bonds. The topological polar surface area (TPSA) is 77.1 Å². The van der Waals surface area contributed by atoms with E-state index in [1.807, 2.05) is 6.92 Å². The lowest BCUT2D eigenvalue weighted by Gasteiger charge is -1.91. The van der Waals surface area contributed by atoms with Crippen LogP contribution in [0.15, 0.2) is 29.3 Å². The molecule has 0 saturated carbocycles. The molecule has 0 aliphatic heterocycles. The highest BCUT2D eigenvalue weighted by Gasteiger charge is 2.09. The highest BCUT2D eigenvalue weighted by Crippen LogP contribution is 2.26. The summed E-state index contributed by atoms with van der Waals surface area (Å²) in [5, 5.41) is 17.3. The van der Waals surface area contributed by atoms with Gasteiger partial charge in [0.05, 0.1) is 11.1 Å². The van der Waals surface area contributed by atoms with Crippen molar-refractivity contribution in [3.8, 4) is 5.88 Å². The second kappa shape index (κ2) is 4.24. The molecular formula is C13H11FN4O. The third-order valence-electron chi connectivity index (χ3n) is 2.80. The first kappa shape index (κ1) is 11.5. The average molecular weight is 258 g/mol. The summed E-state index contributed by atoms with van der Waals surface area (Å²) in [7, 11) is 0. The highest BCUT2D eigenvalue weighted by molar-refractivity contribution is 6.02. The maximum absolute atomic E-state index is 13.1. The number of H-pyrrole nitrogens is 2. The van der Waals surface area contributed by atoms with Crippen LogP contribution >= 0.6 is 0 Å². The summed E-state index contributed by atoms with van der Waals surface area (Å²) >= 11 is 0. The number of aromatic amines is 2. The van der Waals surface area contributed by atoms with Crippen molar-refractivity contribution in [2.45, 2.75) is 6.92 Å². The number of nitrogens with one attached hydrogen (secondary N) is 2. The van der Waals surface area contributed by atoms with Gasteiger partial charge in [-0.1, -0.05) is 0 Å². The summed E-state index contributed by atoms with van der Waals surface area (Å²) in [6, 6.07) is 6.04. The number of hydrogen-bond donors (Lipinski definition) is 3. The number of rotatable bonds is 2. The Kier molecular flexibility index (Phi) is 2.56. The number of fused-ring (bicyclic) bond motifs is 1. The van der Waals surface area contributed by atoms with Gasteiger partial charge < -0.3 is 10.1 Å². The molecule has 0 fully saturated rings. The predicted molar refractivity (Wildman–Crippen MR) is 70.5 cm³/mol. The summed E-state index contributed by atoms with van der Waals surface area (Å²) < 4.78 is 13.1. The van der Waals surface area contributed by atoms with Crippen LogP contribution in [0.5, 0.6) is 5.88 Å². The van der Waals surface area contributed by atoms with Crippen molar-refractivity contribution in [1.82, 2.24) is 15.2 Å². The van der Waals surface area contributed by atoms with Crippen LogP contribution in [-0.4, -0.2) is 26.5 Å². The molecule has 2 heterocycles. The second-order valence-corrected chi connectivity index (χ2v) is 4.24. The lowest BCUT2D eigenvalue weighted by Crippen LogP contribution is -1.79. The van der Waals surface area contributed by atoms with Gasteiger partial charge in [0.2, 0.25) is 0 Å². The van der Waals surface area contributed by atoms with E-state index in [-0.39, 0.29) is 11.7 Å². The molecule has 5 nitrogen and oxygen atoms in total. The van der Waals surface area contributed by atoms with Gasteiger partial charge >= 0.3 is 0 Å². The molecule has 1 aromatic carbocycles. The van der Waals surface area contributed by atoms with Crippen molar-refractivity contribution in [3.63, 3.8) is 0 Å². The number of hydrogen-bond acceptors (Lipinski definition) is 3. The van der Waals surface area contributed by atoms with Gasteiger partial charge in [-0.3, -0.25) is 5.10 Å². The van der Waals surface area contributed by atoms with Crippen molar-refractivity contribution in [1.29, 1.82) is 0 Å². The van der Waals surface area contributed by atoms with Gasteiger partial charge in [0.25, 0.3) is 0 Å². The Hall–Kier alpha value is -2.63. The normalized spacial score (nSPS) is 11.7. The molecule has 0 aliphatic rings. The van der Waals surface area contributed by atoms with E-state index in [0.717, 1.165) is 5.69 Å². The fourth-order valence-corrected chi connectivity index (χ4v) is 1.91. The third kappa shape index (κ3) is 2.08. The largest absolute Gasteiger partial charge is 0.494 e. The summed E-state index contributed by atoms with van der Waals surface area (Å²) in [5.41, 5.74) is 1.94. The monoisotopic (exact) mass is 258 g/mol. The van der Waals surface area contributed by atoms with E-state index in [4.69, 9.17) is 0 Å². The number of aryl methyl sites for hydroxylation is 1. The van der Waals surface area contributed by atoms with Crippen LogP contribution in [0.4, 0.5) is 10.2 Å². The molecule has 2 aromatic heterocycles. The Morgan fingerprint density at radius 1 is 1.37 bits per heavy atom. The predicted octanol–water partition coefficient (Wildman–Crippen LogP) is 2.79. The molecule has 0 spiro atoms. The Balaban J connectivity index is 2.05. The molecule has 0 radical (unpaired) electrons. The summed E-state index contributed by atoms with van der Waals surface area (Å²) in [5.74, 6) is 0.116. The average Bonchev–Trinajstić information content (AvgIpc) is 2.89. The van der Waals surface area contributed by atoms with Gasteiger partial charge in [0, 0.05) is 23.4 Å². The number of aromatic hydroxyl groups is 1. The van der Waals surface area contributed by atoms with Gasteiger partial charge in [-0.05, 0) is 25.1 Å². The maximum atomic E-state index is 13.1. The van der Waals surface area contributed by atoms with E-state index in [2.05, 4.69) is 20.2 Å². The first-order valence-electron chi connectivity index (χ1n) is 5.70. The number of aliphatic imine (C=N–C) groups is 1. The Labute approximate surface area is 107 Å². The lowest BCUT2D eigenvalue weighted by molar-refractivity contribution is 0.457. The van der Waals surface area contributed by atoms with E-state index in [1.54, 1.807) is 12.1 Å². The van der Waals surface area contributed by atoms with Crippen LogP contribution in [0, 0.1) is 12.7 Å². The molecule has 3 N–H and O–H groups in total. The van der Waals surface area contributed by atoms with Gasteiger partial charge in [0.15, 0.2) is 11.7 Å². The molecule has 0 aliphatic carbocycles. The zero-order valence-electron chi connectivity index (χ0n) is 10.1. The molecule has 96 valence electrons. The molecule has 19 heavy (non-hydrogen) atoms. The van der Waals surface area contributed by atoms with Crippen molar-refractivity contribution in [2.24, 2.45) is 4.99 Å². The minimum absolute atomic E-state index is 0.0448. The quantitative estimate of drug-likeness (QED) is 0.618. The van der Waals surface area contributed by atoms with E-state index in [0.29, 0.717) is 22.3 Å². The standard InChI is InChI=1S/C13H11FN4O/c1-7-4-12(18-17-7)15-6-10-9-3-2-8(14)5-11(9)16-13(10)19/h2-6,16,19H,1H3,(H,17,18). The molecular weight excluding hydrogens is 247 g/mol. The van der Waals surface area contributed by atoms with Crippen molar-refractivity contribution < 1.29 is 9.50 Å². The van der Waals surface area contributed by atoms with Crippen LogP contribution < -0.4 is 0 Å². The lowest BCUT2D eigenvalue weighted by atomic mass is 10.2. The fraction of sp³-hybridized carbons (Fsp3) is 0.0769. The molecule has 6 heteroatoms. The van der Waals surface area contributed by atoms with Gasteiger partial charge in [-0.25, -0.2) is 9.38 Å². The van der Waals surface area contributed by atoms with Crippen LogP contribution in [0.2, 0.25) is 0 Å². The van der Waals surface area contributed by atoms with E-state index in [1.165, 1.54) is 18.3 Å². The zero-order valence-corrected chi connectivity index (χ0v) is 10.1. The number of benzene rings is 1. The highest BCUT2D eigenvalue weighted by atomic mass is 19.1. The van der Waals surface area contributed by atoms with Crippen LogP contribution in [0.1, 0.15) is 11.3 Å². The maximum Gasteiger partial charge on any atom is 0.198 e. The first-order chi connectivity index (χ1) is 9.13. The molecule has 0 saturated heterocycles. The summed E-state index contributed by atoms with van der Waals surface area (Å²) in [6.45, 7) is 1.87. The molecule has 3 rings (SSSR count). The Morgan fingerprint density at radius 2 is 2.21 bits per heavy atom. The molecule has 3 aromatic rings. The van der Waals surface area contributed by atoms with E-state index in [9.17, 15) is 9.50 Å². The van der Waals surface area contributed by atoms with Crippen LogP contribution in [-0.2, 0) is 0 Å². The molecule has 0 atom stereocenters. The first-order valence-corrected chi connectivity index (χ1v) is 5.70. The van der Waals surface area contributed by atoms with Gasteiger partial charge in [-0.2, -0.15) is 5.10 Å². The van der Waals surface area contributed by atoms with E-state index < -0.39 is 0 Å². The number of nitrogens with zero attached hydrogens (tertiary/aromatic N) is 2.